The lowest BCUT2D eigenvalue weighted by atomic mass is 9.95. The van der Waals surface area contributed by atoms with Gasteiger partial charge in [-0.2, -0.15) is 5.10 Å². The molecule has 1 fully saturated rings. The number of hydrogen-bond acceptors (Lipinski definition) is 3. The Kier molecular flexibility index (Phi) is 4.24. The number of aryl methyl sites for hydroxylation is 2. The SMILES string of the molecule is Cc1cc(C)n(CC2CCCN2C(=O)C2COc3ccccc3C2)n1. The summed E-state index contributed by atoms with van der Waals surface area (Å²) in [5.74, 6) is 1.08. The second-order valence-electron chi connectivity index (χ2n) is 7.26. The maximum absolute atomic E-state index is 13.1. The summed E-state index contributed by atoms with van der Waals surface area (Å²) in [5.41, 5.74) is 3.33. The second-order valence-corrected chi connectivity index (χ2v) is 7.26. The Bertz CT molecular complexity index is 783. The average molecular weight is 339 g/mol. The molecule has 0 spiro atoms. The molecule has 0 saturated carbocycles. The summed E-state index contributed by atoms with van der Waals surface area (Å²) in [5, 5.41) is 4.56. The quantitative estimate of drug-likeness (QED) is 0.864. The molecule has 2 aromatic rings. The fraction of sp³-hybridized carbons (Fsp3) is 0.500. The summed E-state index contributed by atoms with van der Waals surface area (Å²) < 4.78 is 7.87. The molecule has 1 aromatic carbocycles. The second kappa shape index (κ2) is 6.54. The van der Waals surface area contributed by atoms with Crippen molar-refractivity contribution in [3.8, 4) is 5.75 Å². The van der Waals surface area contributed by atoms with E-state index < -0.39 is 0 Å². The van der Waals surface area contributed by atoms with Crippen LogP contribution in [0.5, 0.6) is 5.75 Å². The number of likely N-dealkylation sites (tertiary alicyclic amines) is 1. The predicted molar refractivity (Wildman–Crippen MR) is 95.6 cm³/mol. The van der Waals surface area contributed by atoms with Crippen LogP contribution in [0.2, 0.25) is 0 Å². The maximum Gasteiger partial charge on any atom is 0.229 e. The number of hydrogen-bond donors (Lipinski definition) is 0. The zero-order valence-corrected chi connectivity index (χ0v) is 14.9. The van der Waals surface area contributed by atoms with Crippen LogP contribution in [0.15, 0.2) is 30.3 Å². The van der Waals surface area contributed by atoms with Crippen molar-refractivity contribution in [3.05, 3.63) is 47.3 Å². The number of fused-ring (bicyclic) bond motifs is 1. The first kappa shape index (κ1) is 16.2. The number of benzene rings is 1. The molecule has 1 amide bonds. The number of ether oxygens (including phenoxy) is 1. The molecule has 2 atom stereocenters. The monoisotopic (exact) mass is 339 g/mol. The van der Waals surface area contributed by atoms with Crippen molar-refractivity contribution in [3.63, 3.8) is 0 Å². The fourth-order valence-corrected chi connectivity index (χ4v) is 4.10. The van der Waals surface area contributed by atoms with E-state index in [-0.39, 0.29) is 17.9 Å². The van der Waals surface area contributed by atoms with Gasteiger partial charge < -0.3 is 9.64 Å². The van der Waals surface area contributed by atoms with Gasteiger partial charge in [-0.3, -0.25) is 9.48 Å². The number of rotatable bonds is 3. The molecular weight excluding hydrogens is 314 g/mol. The topological polar surface area (TPSA) is 47.4 Å². The van der Waals surface area contributed by atoms with Crippen LogP contribution in [-0.4, -0.2) is 39.8 Å². The summed E-state index contributed by atoms with van der Waals surface area (Å²) in [6, 6.07) is 10.4. The van der Waals surface area contributed by atoms with Crippen LogP contribution in [0, 0.1) is 19.8 Å². The van der Waals surface area contributed by atoms with Crippen LogP contribution in [0.1, 0.15) is 29.8 Å². The van der Waals surface area contributed by atoms with Gasteiger partial charge in [0.15, 0.2) is 0 Å². The Morgan fingerprint density at radius 3 is 2.96 bits per heavy atom. The number of amides is 1. The van der Waals surface area contributed by atoms with Crippen LogP contribution in [-0.2, 0) is 17.8 Å². The highest BCUT2D eigenvalue weighted by atomic mass is 16.5. The minimum absolute atomic E-state index is 0.0732. The van der Waals surface area contributed by atoms with Crippen molar-refractivity contribution >= 4 is 5.91 Å². The van der Waals surface area contributed by atoms with Crippen molar-refractivity contribution in [1.82, 2.24) is 14.7 Å². The number of para-hydroxylation sites is 1. The third-order valence-corrected chi connectivity index (χ3v) is 5.38. The first-order valence-corrected chi connectivity index (χ1v) is 9.14. The summed E-state index contributed by atoms with van der Waals surface area (Å²) in [4.78, 5) is 15.2. The van der Waals surface area contributed by atoms with Crippen molar-refractivity contribution in [1.29, 1.82) is 0 Å². The lowest BCUT2D eigenvalue weighted by Gasteiger charge is -2.31. The van der Waals surface area contributed by atoms with Gasteiger partial charge in [0.1, 0.15) is 12.4 Å². The van der Waals surface area contributed by atoms with Crippen LogP contribution in [0.3, 0.4) is 0 Å². The number of carbonyl (C=O) groups is 1. The summed E-state index contributed by atoms with van der Waals surface area (Å²) in [7, 11) is 0. The zero-order chi connectivity index (χ0) is 17.4. The van der Waals surface area contributed by atoms with Crippen molar-refractivity contribution in [2.24, 2.45) is 5.92 Å². The van der Waals surface area contributed by atoms with E-state index in [1.807, 2.05) is 29.8 Å². The van der Waals surface area contributed by atoms with Gasteiger partial charge in [0, 0.05) is 12.2 Å². The highest BCUT2D eigenvalue weighted by Gasteiger charge is 2.35. The molecule has 0 radical (unpaired) electrons. The molecule has 5 nitrogen and oxygen atoms in total. The van der Waals surface area contributed by atoms with E-state index in [4.69, 9.17) is 4.74 Å². The van der Waals surface area contributed by atoms with Gasteiger partial charge in [-0.1, -0.05) is 18.2 Å². The highest BCUT2D eigenvalue weighted by molar-refractivity contribution is 5.80. The van der Waals surface area contributed by atoms with Crippen molar-refractivity contribution in [2.75, 3.05) is 13.2 Å². The van der Waals surface area contributed by atoms with Crippen LogP contribution < -0.4 is 4.74 Å². The Morgan fingerprint density at radius 1 is 1.32 bits per heavy atom. The van der Waals surface area contributed by atoms with Gasteiger partial charge in [-0.15, -0.1) is 0 Å². The van der Waals surface area contributed by atoms with E-state index in [0.29, 0.717) is 6.61 Å². The Morgan fingerprint density at radius 2 is 2.16 bits per heavy atom. The van der Waals surface area contributed by atoms with E-state index in [2.05, 4.69) is 29.1 Å². The predicted octanol–water partition coefficient (Wildman–Crippen LogP) is 2.74. The van der Waals surface area contributed by atoms with Crippen LogP contribution >= 0.6 is 0 Å². The molecule has 3 heterocycles. The van der Waals surface area contributed by atoms with E-state index in [1.54, 1.807) is 0 Å². The third-order valence-electron chi connectivity index (χ3n) is 5.38. The molecule has 2 aliphatic heterocycles. The zero-order valence-electron chi connectivity index (χ0n) is 14.9. The Balaban J connectivity index is 1.47. The molecule has 1 aromatic heterocycles. The van der Waals surface area contributed by atoms with Crippen molar-refractivity contribution in [2.45, 2.75) is 45.7 Å². The third kappa shape index (κ3) is 3.15. The van der Waals surface area contributed by atoms with Gasteiger partial charge in [0.05, 0.1) is 24.2 Å². The summed E-state index contributed by atoms with van der Waals surface area (Å²) >= 11 is 0. The molecule has 132 valence electrons. The first-order chi connectivity index (χ1) is 12.1. The average Bonchev–Trinajstić information content (AvgIpc) is 3.20. The standard InChI is InChI=1S/C20H25N3O2/c1-14-10-15(2)23(21-14)12-18-7-5-9-22(18)20(24)17-11-16-6-3-4-8-19(16)25-13-17/h3-4,6,8,10,17-18H,5,7,9,11-13H2,1-2H3. The molecule has 5 heteroatoms. The van der Waals surface area contributed by atoms with Gasteiger partial charge in [-0.25, -0.2) is 0 Å². The normalized spacial score (nSPS) is 22.6. The minimum Gasteiger partial charge on any atom is -0.492 e. The smallest absolute Gasteiger partial charge is 0.229 e. The maximum atomic E-state index is 13.1. The molecular formula is C20H25N3O2. The van der Waals surface area contributed by atoms with E-state index in [1.165, 1.54) is 0 Å². The fourth-order valence-electron chi connectivity index (χ4n) is 4.10. The Labute approximate surface area is 148 Å². The summed E-state index contributed by atoms with van der Waals surface area (Å²) in [6.07, 6.45) is 2.90. The number of carbonyl (C=O) groups excluding carboxylic acids is 1. The molecule has 4 rings (SSSR count). The van der Waals surface area contributed by atoms with E-state index in [0.717, 1.165) is 55.1 Å². The lowest BCUT2D eigenvalue weighted by molar-refractivity contribution is -0.138. The van der Waals surface area contributed by atoms with E-state index >= 15 is 0 Å². The minimum atomic E-state index is -0.0732. The molecule has 1 saturated heterocycles. The number of aromatic nitrogens is 2. The molecule has 0 N–H and O–H groups in total. The summed E-state index contributed by atoms with van der Waals surface area (Å²) in [6.45, 7) is 6.21. The van der Waals surface area contributed by atoms with Crippen LogP contribution in [0.25, 0.3) is 0 Å². The Hall–Kier alpha value is -2.30. The van der Waals surface area contributed by atoms with Gasteiger partial charge in [0.2, 0.25) is 5.91 Å². The molecule has 2 unspecified atom stereocenters. The molecule has 2 aliphatic rings. The lowest BCUT2D eigenvalue weighted by Crippen LogP contribution is -2.44. The van der Waals surface area contributed by atoms with Gasteiger partial charge in [-0.05, 0) is 50.8 Å². The first-order valence-electron chi connectivity index (χ1n) is 9.14. The van der Waals surface area contributed by atoms with Crippen molar-refractivity contribution < 1.29 is 9.53 Å². The number of nitrogens with zero attached hydrogens (tertiary/aromatic N) is 3. The van der Waals surface area contributed by atoms with E-state index in [9.17, 15) is 4.79 Å². The molecule has 25 heavy (non-hydrogen) atoms. The molecule has 0 aliphatic carbocycles. The van der Waals surface area contributed by atoms with Crippen LogP contribution in [0.4, 0.5) is 0 Å². The van der Waals surface area contributed by atoms with Gasteiger partial charge >= 0.3 is 0 Å². The largest absolute Gasteiger partial charge is 0.492 e. The van der Waals surface area contributed by atoms with Gasteiger partial charge in [0.25, 0.3) is 0 Å². The molecule has 0 bridgehead atoms. The highest BCUT2D eigenvalue weighted by Crippen LogP contribution is 2.30.